The summed E-state index contributed by atoms with van der Waals surface area (Å²) in [5.41, 5.74) is 1.97. The van der Waals surface area contributed by atoms with Crippen molar-refractivity contribution < 1.29 is 13.9 Å². The highest BCUT2D eigenvalue weighted by molar-refractivity contribution is 5.60. The van der Waals surface area contributed by atoms with E-state index in [1.54, 1.807) is 22.7 Å². The highest BCUT2D eigenvalue weighted by Gasteiger charge is 2.18. The Kier molecular flexibility index (Phi) is 4.66. The number of hydrogen-bond donors (Lipinski definition) is 1. The summed E-state index contributed by atoms with van der Waals surface area (Å²) in [5.74, 6) is 2.15. The molecular weight excluding hydrogens is 385 g/mol. The summed E-state index contributed by atoms with van der Waals surface area (Å²) in [7, 11) is 0. The third kappa shape index (κ3) is 3.30. The third-order valence-electron chi connectivity index (χ3n) is 5.08. The Morgan fingerprint density at radius 3 is 2.70 bits per heavy atom. The quantitative estimate of drug-likeness (QED) is 0.535. The van der Waals surface area contributed by atoms with E-state index in [4.69, 9.17) is 9.47 Å². The van der Waals surface area contributed by atoms with Gasteiger partial charge in [-0.3, -0.25) is 0 Å². The minimum Gasteiger partial charge on any atom is -0.486 e. The third-order valence-corrected chi connectivity index (χ3v) is 5.08. The lowest BCUT2D eigenvalue weighted by Gasteiger charge is -2.22. The second-order valence-corrected chi connectivity index (χ2v) is 7.00. The van der Waals surface area contributed by atoms with Crippen molar-refractivity contribution in [3.8, 4) is 22.9 Å². The molecule has 0 amide bonds. The average Bonchev–Trinajstić information content (AvgIpc) is 3.20. The Bertz CT molecular complexity index is 1210. The summed E-state index contributed by atoms with van der Waals surface area (Å²) in [6.07, 6.45) is 0.835. The molecule has 30 heavy (non-hydrogen) atoms. The van der Waals surface area contributed by atoms with E-state index in [9.17, 15) is 4.39 Å². The predicted molar refractivity (Wildman–Crippen MR) is 110 cm³/mol. The Morgan fingerprint density at radius 1 is 1.03 bits per heavy atom. The van der Waals surface area contributed by atoms with Crippen LogP contribution in [0.2, 0.25) is 0 Å². The molecule has 0 bridgehead atoms. The van der Waals surface area contributed by atoms with Gasteiger partial charge in [-0.05, 0) is 48.4 Å². The fourth-order valence-electron chi connectivity index (χ4n) is 3.55. The van der Waals surface area contributed by atoms with Gasteiger partial charge in [0.15, 0.2) is 23.0 Å². The number of benzene rings is 2. The average molecular weight is 405 g/mol. The first kappa shape index (κ1) is 18.4. The van der Waals surface area contributed by atoms with Crippen LogP contribution in [0.15, 0.2) is 54.6 Å². The van der Waals surface area contributed by atoms with Gasteiger partial charge in [0.1, 0.15) is 24.8 Å². The second-order valence-electron chi connectivity index (χ2n) is 7.00. The number of anilines is 1. The van der Waals surface area contributed by atoms with Gasteiger partial charge in [0, 0.05) is 0 Å². The van der Waals surface area contributed by atoms with E-state index in [-0.39, 0.29) is 11.9 Å². The van der Waals surface area contributed by atoms with Gasteiger partial charge in [0.05, 0.1) is 11.6 Å². The van der Waals surface area contributed by atoms with Gasteiger partial charge in [-0.1, -0.05) is 25.1 Å². The molecule has 1 unspecified atom stereocenters. The molecule has 2 aromatic heterocycles. The molecule has 5 rings (SSSR count). The maximum atomic E-state index is 14.3. The number of halogens is 1. The van der Waals surface area contributed by atoms with E-state index in [1.165, 1.54) is 6.07 Å². The number of aromatic nitrogens is 4. The Hall–Kier alpha value is -3.68. The number of rotatable bonds is 5. The van der Waals surface area contributed by atoms with Crippen molar-refractivity contribution in [2.75, 3.05) is 18.5 Å². The summed E-state index contributed by atoms with van der Waals surface area (Å²) in [4.78, 5) is 0. The van der Waals surface area contributed by atoms with Crippen molar-refractivity contribution in [1.82, 2.24) is 19.8 Å². The summed E-state index contributed by atoms with van der Waals surface area (Å²) < 4.78 is 27.1. The molecule has 0 aliphatic carbocycles. The lowest BCUT2D eigenvalue weighted by atomic mass is 10.0. The van der Waals surface area contributed by atoms with Crippen molar-refractivity contribution in [3.63, 3.8) is 0 Å². The van der Waals surface area contributed by atoms with E-state index < -0.39 is 0 Å². The minimum atomic E-state index is -0.366. The Balaban J connectivity index is 1.47. The minimum absolute atomic E-state index is 0.0131. The molecule has 1 aliphatic rings. The first-order valence-corrected chi connectivity index (χ1v) is 9.86. The van der Waals surface area contributed by atoms with E-state index in [1.807, 2.05) is 30.3 Å². The maximum absolute atomic E-state index is 14.3. The normalized spacial score (nSPS) is 13.9. The predicted octanol–water partition coefficient (Wildman–Crippen LogP) is 4.26. The molecule has 2 aromatic carbocycles. The molecule has 0 saturated heterocycles. The highest BCUT2D eigenvalue weighted by atomic mass is 19.1. The zero-order valence-corrected chi connectivity index (χ0v) is 16.4. The number of ether oxygens (including phenoxy) is 2. The van der Waals surface area contributed by atoms with Crippen LogP contribution in [0, 0.1) is 5.82 Å². The molecule has 7 nitrogen and oxygen atoms in total. The fraction of sp³-hybridized carbons (Fsp3) is 0.227. The van der Waals surface area contributed by atoms with Crippen LogP contribution in [-0.4, -0.2) is 33.0 Å². The first-order valence-electron chi connectivity index (χ1n) is 9.86. The zero-order valence-electron chi connectivity index (χ0n) is 16.4. The summed E-state index contributed by atoms with van der Waals surface area (Å²) >= 11 is 0. The van der Waals surface area contributed by atoms with Crippen molar-refractivity contribution >= 4 is 11.5 Å². The molecular formula is C22H20FN5O2. The maximum Gasteiger partial charge on any atom is 0.188 e. The van der Waals surface area contributed by atoms with Gasteiger partial charge >= 0.3 is 0 Å². The van der Waals surface area contributed by atoms with Crippen LogP contribution in [0.5, 0.6) is 11.5 Å². The summed E-state index contributed by atoms with van der Waals surface area (Å²) in [6, 6.07) is 16.1. The van der Waals surface area contributed by atoms with E-state index >= 15 is 0 Å². The van der Waals surface area contributed by atoms with Crippen molar-refractivity contribution in [3.05, 3.63) is 66.0 Å². The van der Waals surface area contributed by atoms with Crippen LogP contribution in [0.3, 0.4) is 0 Å². The largest absolute Gasteiger partial charge is 0.486 e. The first-order chi connectivity index (χ1) is 14.7. The van der Waals surface area contributed by atoms with Gasteiger partial charge < -0.3 is 14.8 Å². The molecule has 1 atom stereocenters. The SMILES string of the molecule is CCC(Nc1ccc2nnc(-c3ccccc3F)n2n1)c1ccc2c(c1)OCCO2. The van der Waals surface area contributed by atoms with Crippen LogP contribution in [0.1, 0.15) is 24.9 Å². The van der Waals surface area contributed by atoms with Crippen LogP contribution in [0.4, 0.5) is 10.2 Å². The van der Waals surface area contributed by atoms with Crippen LogP contribution >= 0.6 is 0 Å². The Labute approximate surface area is 172 Å². The molecule has 3 heterocycles. The van der Waals surface area contributed by atoms with Crippen molar-refractivity contribution in [2.24, 2.45) is 0 Å². The lowest BCUT2D eigenvalue weighted by molar-refractivity contribution is 0.171. The number of fused-ring (bicyclic) bond motifs is 2. The van der Waals surface area contributed by atoms with Crippen LogP contribution < -0.4 is 14.8 Å². The number of nitrogens with zero attached hydrogens (tertiary/aromatic N) is 4. The molecule has 8 heteroatoms. The second kappa shape index (κ2) is 7.62. The van der Waals surface area contributed by atoms with Crippen molar-refractivity contribution in [1.29, 1.82) is 0 Å². The van der Waals surface area contributed by atoms with Gasteiger partial charge in [-0.15, -0.1) is 15.3 Å². The molecule has 1 aliphatic heterocycles. The van der Waals surface area contributed by atoms with E-state index in [0.29, 0.717) is 36.1 Å². The summed E-state index contributed by atoms with van der Waals surface area (Å²) in [5, 5.41) is 16.3. The van der Waals surface area contributed by atoms with Gasteiger partial charge in [0.25, 0.3) is 0 Å². The fourth-order valence-corrected chi connectivity index (χ4v) is 3.55. The van der Waals surface area contributed by atoms with E-state index in [0.717, 1.165) is 23.5 Å². The lowest BCUT2D eigenvalue weighted by Crippen LogP contribution is -2.17. The molecule has 0 radical (unpaired) electrons. The number of hydrogen-bond acceptors (Lipinski definition) is 6. The monoisotopic (exact) mass is 405 g/mol. The topological polar surface area (TPSA) is 73.6 Å². The van der Waals surface area contributed by atoms with Crippen LogP contribution in [-0.2, 0) is 0 Å². The van der Waals surface area contributed by atoms with E-state index in [2.05, 4.69) is 27.5 Å². The van der Waals surface area contributed by atoms with Crippen molar-refractivity contribution in [2.45, 2.75) is 19.4 Å². The zero-order chi connectivity index (χ0) is 20.5. The number of nitrogens with one attached hydrogen (secondary N) is 1. The van der Waals surface area contributed by atoms with Gasteiger partial charge in [-0.25, -0.2) is 4.39 Å². The standard InChI is InChI=1S/C22H20FN5O2/c1-2-17(14-7-8-18-19(13-14)30-12-11-29-18)24-20-9-10-21-25-26-22(28(21)27-20)15-5-3-4-6-16(15)23/h3-10,13,17H,2,11-12H2,1H3,(H,24,27). The van der Waals surface area contributed by atoms with Gasteiger partial charge in [-0.2, -0.15) is 4.52 Å². The smallest absolute Gasteiger partial charge is 0.188 e. The molecule has 0 saturated carbocycles. The van der Waals surface area contributed by atoms with Crippen LogP contribution in [0.25, 0.3) is 17.0 Å². The molecule has 0 fully saturated rings. The summed E-state index contributed by atoms with van der Waals surface area (Å²) in [6.45, 7) is 3.21. The highest BCUT2D eigenvalue weighted by Crippen LogP contribution is 2.34. The molecule has 1 N–H and O–H groups in total. The molecule has 152 valence electrons. The molecule has 0 spiro atoms. The molecule has 4 aromatic rings. The Morgan fingerprint density at radius 2 is 1.87 bits per heavy atom. The van der Waals surface area contributed by atoms with Gasteiger partial charge in [0.2, 0.25) is 0 Å².